The van der Waals surface area contributed by atoms with Crippen LogP contribution in [0.4, 0.5) is 5.00 Å². The Morgan fingerprint density at radius 3 is 3.00 bits per heavy atom. The Bertz CT molecular complexity index is 753. The smallest absolute Gasteiger partial charge is 0.257 e. The van der Waals surface area contributed by atoms with Gasteiger partial charge < -0.3 is 5.32 Å². The molecule has 0 saturated heterocycles. The Morgan fingerprint density at radius 2 is 2.29 bits per heavy atom. The first-order valence-corrected chi connectivity index (χ1v) is 8.24. The predicted molar refractivity (Wildman–Crippen MR) is 82.9 cm³/mol. The summed E-state index contributed by atoms with van der Waals surface area (Å²) in [5.74, 6) is 0.301. The van der Waals surface area contributed by atoms with Gasteiger partial charge in [0.15, 0.2) is 5.16 Å². The van der Waals surface area contributed by atoms with Gasteiger partial charge in [-0.3, -0.25) is 14.2 Å². The number of aryl methyl sites for hydroxylation is 2. The number of carbonyl (C=O) groups is 1. The van der Waals surface area contributed by atoms with Gasteiger partial charge in [0.1, 0.15) is 5.00 Å². The van der Waals surface area contributed by atoms with Gasteiger partial charge in [-0.1, -0.05) is 11.8 Å². The van der Waals surface area contributed by atoms with Crippen LogP contribution >= 0.6 is 23.3 Å². The van der Waals surface area contributed by atoms with Crippen molar-refractivity contribution in [2.75, 3.05) is 11.1 Å². The van der Waals surface area contributed by atoms with E-state index in [1.54, 1.807) is 17.7 Å². The van der Waals surface area contributed by atoms with Crippen molar-refractivity contribution in [3.8, 4) is 0 Å². The van der Waals surface area contributed by atoms with Crippen molar-refractivity contribution in [2.45, 2.75) is 25.5 Å². The molecule has 0 fully saturated rings. The Balaban J connectivity index is 1.78. The number of carbonyl (C=O) groups excluding carboxylic acids is 1. The van der Waals surface area contributed by atoms with Crippen LogP contribution in [0.2, 0.25) is 0 Å². The zero-order valence-corrected chi connectivity index (χ0v) is 13.3. The molecule has 6 nitrogen and oxygen atoms in total. The van der Waals surface area contributed by atoms with Crippen molar-refractivity contribution in [1.29, 1.82) is 0 Å². The van der Waals surface area contributed by atoms with E-state index in [2.05, 4.69) is 14.7 Å². The van der Waals surface area contributed by atoms with E-state index in [-0.39, 0.29) is 17.4 Å². The highest BCUT2D eigenvalue weighted by Crippen LogP contribution is 2.26. The second-order valence-electron chi connectivity index (χ2n) is 4.97. The lowest BCUT2D eigenvalue weighted by molar-refractivity contribution is -0.119. The third-order valence-electron chi connectivity index (χ3n) is 3.24. The molecule has 1 atom stereocenters. The summed E-state index contributed by atoms with van der Waals surface area (Å²) in [6.45, 7) is 3.99. The van der Waals surface area contributed by atoms with Gasteiger partial charge >= 0.3 is 0 Å². The van der Waals surface area contributed by atoms with Gasteiger partial charge in [-0.2, -0.15) is 4.37 Å². The molecule has 1 aliphatic heterocycles. The van der Waals surface area contributed by atoms with Crippen LogP contribution in [0.15, 0.2) is 22.2 Å². The number of hydrogen-bond acceptors (Lipinski definition) is 6. The molecule has 8 heteroatoms. The standard InChI is InChI=1S/C13H14N4O2S2/c1-7-4-14-13-17(12(7)19)5-9(6-20-13)11(18)15-10-3-8(2)16-21-10/h3-4,9H,5-6H2,1-2H3,(H,15,18). The molecule has 0 aromatic carbocycles. The van der Waals surface area contributed by atoms with Crippen LogP contribution in [0.5, 0.6) is 0 Å². The summed E-state index contributed by atoms with van der Waals surface area (Å²) >= 11 is 2.71. The fourth-order valence-electron chi connectivity index (χ4n) is 2.11. The third-order valence-corrected chi connectivity index (χ3v) is 5.19. The van der Waals surface area contributed by atoms with Crippen molar-refractivity contribution in [2.24, 2.45) is 5.92 Å². The second-order valence-corrected chi connectivity index (χ2v) is 6.76. The predicted octanol–water partition coefficient (Wildman–Crippen LogP) is 1.68. The third kappa shape index (κ3) is 2.86. The van der Waals surface area contributed by atoms with Gasteiger partial charge in [0.25, 0.3) is 5.56 Å². The SMILES string of the molecule is Cc1cc(NC(=O)C2CSc3ncc(C)c(=O)n3C2)sn1. The normalized spacial score (nSPS) is 17.3. The van der Waals surface area contributed by atoms with Crippen LogP contribution in [0.25, 0.3) is 0 Å². The van der Waals surface area contributed by atoms with E-state index in [4.69, 9.17) is 0 Å². The summed E-state index contributed by atoms with van der Waals surface area (Å²) in [6, 6.07) is 1.84. The van der Waals surface area contributed by atoms with Crippen LogP contribution in [0.3, 0.4) is 0 Å². The van der Waals surface area contributed by atoms with E-state index in [0.717, 1.165) is 10.7 Å². The molecule has 0 aliphatic carbocycles. The fourth-order valence-corrected chi connectivity index (χ4v) is 3.82. The summed E-state index contributed by atoms with van der Waals surface area (Å²) in [4.78, 5) is 28.7. The molecule has 2 aromatic heterocycles. The van der Waals surface area contributed by atoms with E-state index >= 15 is 0 Å². The van der Waals surface area contributed by atoms with Crippen LogP contribution in [-0.4, -0.2) is 25.6 Å². The Morgan fingerprint density at radius 1 is 1.48 bits per heavy atom. The number of rotatable bonds is 2. The summed E-state index contributed by atoms with van der Waals surface area (Å²) < 4.78 is 5.72. The number of nitrogens with one attached hydrogen (secondary N) is 1. The first-order valence-electron chi connectivity index (χ1n) is 6.48. The van der Waals surface area contributed by atoms with Crippen LogP contribution in [0, 0.1) is 19.8 Å². The average Bonchev–Trinajstić information content (AvgIpc) is 2.88. The molecule has 3 heterocycles. The molecule has 3 rings (SSSR count). The van der Waals surface area contributed by atoms with E-state index in [9.17, 15) is 9.59 Å². The maximum Gasteiger partial charge on any atom is 0.257 e. The highest BCUT2D eigenvalue weighted by Gasteiger charge is 2.27. The average molecular weight is 322 g/mol. The molecule has 1 aliphatic rings. The summed E-state index contributed by atoms with van der Waals surface area (Å²) in [5, 5.41) is 4.29. The topological polar surface area (TPSA) is 76.9 Å². The zero-order chi connectivity index (χ0) is 15.0. The van der Waals surface area contributed by atoms with Gasteiger partial charge in [0.05, 0.1) is 11.6 Å². The highest BCUT2D eigenvalue weighted by atomic mass is 32.2. The van der Waals surface area contributed by atoms with E-state index < -0.39 is 0 Å². The molecule has 2 aromatic rings. The van der Waals surface area contributed by atoms with Gasteiger partial charge in [0, 0.05) is 24.1 Å². The molecule has 1 amide bonds. The van der Waals surface area contributed by atoms with Crippen molar-refractivity contribution in [1.82, 2.24) is 13.9 Å². The van der Waals surface area contributed by atoms with Crippen LogP contribution in [-0.2, 0) is 11.3 Å². The van der Waals surface area contributed by atoms with Gasteiger partial charge in [-0.15, -0.1) is 0 Å². The van der Waals surface area contributed by atoms with E-state index in [1.807, 2.05) is 13.0 Å². The number of nitrogens with zero attached hydrogens (tertiary/aromatic N) is 3. The van der Waals surface area contributed by atoms with Crippen molar-refractivity contribution in [3.05, 3.63) is 33.9 Å². The fraction of sp³-hybridized carbons (Fsp3) is 0.385. The Hall–Kier alpha value is -1.67. The first-order chi connectivity index (χ1) is 10.0. The van der Waals surface area contributed by atoms with Crippen LogP contribution in [0.1, 0.15) is 11.3 Å². The number of aromatic nitrogens is 3. The largest absolute Gasteiger partial charge is 0.316 e. The van der Waals surface area contributed by atoms with E-state index in [0.29, 0.717) is 23.0 Å². The number of fused-ring (bicyclic) bond motifs is 1. The lowest BCUT2D eigenvalue weighted by atomic mass is 10.1. The molecule has 1 unspecified atom stereocenters. The minimum absolute atomic E-state index is 0.0707. The lowest BCUT2D eigenvalue weighted by Gasteiger charge is -2.24. The molecule has 0 saturated carbocycles. The molecular formula is C13H14N4O2S2. The van der Waals surface area contributed by atoms with Crippen molar-refractivity contribution in [3.63, 3.8) is 0 Å². The maximum absolute atomic E-state index is 12.3. The highest BCUT2D eigenvalue weighted by molar-refractivity contribution is 7.99. The Kier molecular flexibility index (Phi) is 3.81. The maximum atomic E-state index is 12.3. The minimum Gasteiger partial charge on any atom is -0.316 e. The molecule has 21 heavy (non-hydrogen) atoms. The molecular weight excluding hydrogens is 308 g/mol. The van der Waals surface area contributed by atoms with Gasteiger partial charge in [0.2, 0.25) is 5.91 Å². The zero-order valence-electron chi connectivity index (χ0n) is 11.6. The number of hydrogen-bond donors (Lipinski definition) is 1. The van der Waals surface area contributed by atoms with Crippen molar-refractivity contribution >= 4 is 34.2 Å². The second kappa shape index (κ2) is 5.61. The molecule has 0 spiro atoms. The lowest BCUT2D eigenvalue weighted by Crippen LogP contribution is -2.37. The van der Waals surface area contributed by atoms with Gasteiger partial charge in [-0.05, 0) is 31.4 Å². The molecule has 0 bridgehead atoms. The number of amides is 1. The summed E-state index contributed by atoms with van der Waals surface area (Å²) in [7, 11) is 0. The summed E-state index contributed by atoms with van der Waals surface area (Å²) in [6.07, 6.45) is 1.58. The number of anilines is 1. The first kappa shape index (κ1) is 14.3. The Labute approximate surface area is 129 Å². The van der Waals surface area contributed by atoms with Crippen LogP contribution < -0.4 is 10.9 Å². The minimum atomic E-state index is -0.244. The molecule has 0 radical (unpaired) electrons. The quantitative estimate of drug-likeness (QED) is 0.851. The van der Waals surface area contributed by atoms with Crippen molar-refractivity contribution < 1.29 is 4.79 Å². The van der Waals surface area contributed by atoms with Gasteiger partial charge in [-0.25, -0.2) is 4.98 Å². The monoisotopic (exact) mass is 322 g/mol. The summed E-state index contributed by atoms with van der Waals surface area (Å²) in [5.41, 5.74) is 1.41. The number of thioether (sulfide) groups is 1. The van der Waals surface area contributed by atoms with E-state index in [1.165, 1.54) is 23.3 Å². The molecule has 110 valence electrons. The molecule has 1 N–H and O–H groups in total.